The number of aromatic nitrogens is 2. The van der Waals surface area contributed by atoms with E-state index in [-0.39, 0.29) is 66.7 Å². The third-order valence-electron chi connectivity index (χ3n) is 7.88. The smallest absolute Gasteiger partial charge is 0.410 e. The fraction of sp³-hybridized carbons (Fsp3) is 0.345. The molecule has 2 aromatic heterocycles. The lowest BCUT2D eigenvalue weighted by atomic mass is 9.97. The zero-order valence-electron chi connectivity index (χ0n) is 23.5. The standard InChI is InChI=1S/C29H29FN4O8/c1-5-32-13-17(28(38)39)26(36)16-10-18(30)20(11-19(16)32)33-6-8-34(9-7-33)29(40)42-14-21-15(2)24-25(31(21)3)22(35)12-23(41-4)27(24)37/h10-13H,5-9,14H2,1-4H3,(H,38,39). The maximum absolute atomic E-state index is 15.2. The van der Waals surface area contributed by atoms with E-state index in [1.54, 1.807) is 34.9 Å². The Kier molecular flexibility index (Phi) is 7.35. The molecule has 1 amide bonds. The molecule has 0 spiro atoms. The summed E-state index contributed by atoms with van der Waals surface area (Å²) in [5.74, 6) is -2.88. The highest BCUT2D eigenvalue weighted by molar-refractivity contribution is 6.24. The van der Waals surface area contributed by atoms with E-state index in [4.69, 9.17) is 9.47 Å². The number of rotatable bonds is 6. The molecule has 2 aliphatic rings. The number of Topliss-reactive ketones (excluding diaryl/α,β-unsaturated/α-hetero) is 1. The third-order valence-corrected chi connectivity index (χ3v) is 7.88. The van der Waals surface area contributed by atoms with Gasteiger partial charge in [-0.2, -0.15) is 0 Å². The van der Waals surface area contributed by atoms with Crippen LogP contribution >= 0.6 is 0 Å². The first kappa shape index (κ1) is 28.6. The summed E-state index contributed by atoms with van der Waals surface area (Å²) >= 11 is 0. The number of benzene rings is 1. The number of nitrogens with zero attached hydrogens (tertiary/aromatic N) is 4. The number of allylic oxidation sites excluding steroid dienone is 2. The molecule has 0 unspecified atom stereocenters. The molecule has 1 saturated heterocycles. The van der Waals surface area contributed by atoms with Gasteiger partial charge in [-0.3, -0.25) is 14.4 Å². The monoisotopic (exact) mass is 580 g/mol. The van der Waals surface area contributed by atoms with Gasteiger partial charge in [0.1, 0.15) is 23.7 Å². The van der Waals surface area contributed by atoms with Crippen molar-refractivity contribution in [2.24, 2.45) is 7.05 Å². The molecular formula is C29H29FN4O8. The summed E-state index contributed by atoms with van der Waals surface area (Å²) in [6.07, 6.45) is 1.81. The minimum absolute atomic E-state index is 0.0181. The topological polar surface area (TPSA) is 140 Å². The van der Waals surface area contributed by atoms with Gasteiger partial charge in [-0.25, -0.2) is 14.0 Å². The fourth-order valence-corrected chi connectivity index (χ4v) is 5.58. The Morgan fingerprint density at radius 1 is 1.10 bits per heavy atom. The van der Waals surface area contributed by atoms with Crippen molar-refractivity contribution in [3.05, 3.63) is 74.3 Å². The van der Waals surface area contributed by atoms with Gasteiger partial charge >= 0.3 is 12.1 Å². The molecule has 5 rings (SSSR count). The number of aryl methyl sites for hydroxylation is 1. The van der Waals surface area contributed by atoms with Gasteiger partial charge in [0.25, 0.3) is 0 Å². The van der Waals surface area contributed by atoms with Crippen LogP contribution in [-0.4, -0.2) is 76.1 Å². The van der Waals surface area contributed by atoms with Crippen molar-refractivity contribution in [2.75, 3.05) is 38.2 Å². The van der Waals surface area contributed by atoms with Crippen molar-refractivity contribution in [1.82, 2.24) is 14.0 Å². The Hall–Kier alpha value is -4.94. The number of carboxylic acid groups (broad SMARTS) is 1. The number of carbonyl (C=O) groups excluding carboxylic acids is 3. The summed E-state index contributed by atoms with van der Waals surface area (Å²) in [6, 6.07) is 2.59. The number of halogens is 1. The minimum Gasteiger partial charge on any atom is -0.492 e. The molecule has 42 heavy (non-hydrogen) atoms. The number of hydrogen-bond donors (Lipinski definition) is 1. The van der Waals surface area contributed by atoms with Crippen molar-refractivity contribution in [2.45, 2.75) is 27.0 Å². The predicted octanol–water partition coefficient (Wildman–Crippen LogP) is 2.87. The molecule has 220 valence electrons. The molecule has 1 aliphatic heterocycles. The van der Waals surface area contributed by atoms with Crippen LogP contribution in [0.5, 0.6) is 0 Å². The second-order valence-corrected chi connectivity index (χ2v) is 10.1. The highest BCUT2D eigenvalue weighted by Crippen LogP contribution is 2.30. The van der Waals surface area contributed by atoms with Crippen molar-refractivity contribution >= 4 is 40.2 Å². The maximum Gasteiger partial charge on any atom is 0.410 e. The largest absolute Gasteiger partial charge is 0.492 e. The van der Waals surface area contributed by atoms with E-state index < -0.39 is 34.7 Å². The van der Waals surface area contributed by atoms with Gasteiger partial charge in [-0.15, -0.1) is 0 Å². The molecule has 0 atom stereocenters. The van der Waals surface area contributed by atoms with Gasteiger partial charge in [0.15, 0.2) is 5.76 Å². The van der Waals surface area contributed by atoms with Crippen LogP contribution in [0.3, 0.4) is 0 Å². The van der Waals surface area contributed by atoms with E-state index >= 15 is 4.39 Å². The summed E-state index contributed by atoms with van der Waals surface area (Å²) < 4.78 is 28.9. The van der Waals surface area contributed by atoms with E-state index in [1.165, 1.54) is 24.3 Å². The highest BCUT2D eigenvalue weighted by Gasteiger charge is 2.34. The first-order valence-corrected chi connectivity index (χ1v) is 13.3. The second kappa shape index (κ2) is 10.8. The summed E-state index contributed by atoms with van der Waals surface area (Å²) in [5, 5.41) is 9.34. The molecule has 12 nitrogen and oxygen atoms in total. The van der Waals surface area contributed by atoms with Crippen molar-refractivity contribution in [3.8, 4) is 0 Å². The zero-order chi connectivity index (χ0) is 30.5. The van der Waals surface area contributed by atoms with Crippen molar-refractivity contribution in [1.29, 1.82) is 0 Å². The summed E-state index contributed by atoms with van der Waals surface area (Å²) in [4.78, 5) is 65.6. The fourth-order valence-electron chi connectivity index (χ4n) is 5.58. The zero-order valence-corrected chi connectivity index (χ0v) is 23.5. The molecule has 1 aromatic carbocycles. The number of pyridine rings is 1. The number of fused-ring (bicyclic) bond motifs is 2. The molecule has 1 fully saturated rings. The van der Waals surface area contributed by atoms with Crippen LogP contribution in [0.1, 0.15) is 49.4 Å². The molecule has 3 aromatic rings. The van der Waals surface area contributed by atoms with Gasteiger partial charge in [0, 0.05) is 57.4 Å². The summed E-state index contributed by atoms with van der Waals surface area (Å²) in [5.41, 5.74) is 0.946. The molecule has 1 aliphatic carbocycles. The summed E-state index contributed by atoms with van der Waals surface area (Å²) in [7, 11) is 2.95. The van der Waals surface area contributed by atoms with Crippen LogP contribution in [0, 0.1) is 12.7 Å². The summed E-state index contributed by atoms with van der Waals surface area (Å²) in [6.45, 7) is 4.72. The molecule has 0 radical (unpaired) electrons. The van der Waals surface area contributed by atoms with Crippen LogP contribution in [0.25, 0.3) is 10.9 Å². The van der Waals surface area contributed by atoms with Gasteiger partial charge < -0.3 is 33.5 Å². The average molecular weight is 581 g/mol. The quantitative estimate of drug-likeness (QED) is 0.466. The van der Waals surface area contributed by atoms with Crippen LogP contribution in [0.15, 0.2) is 35.0 Å². The Labute approximate surface area is 239 Å². The maximum atomic E-state index is 15.2. The lowest BCUT2D eigenvalue weighted by Gasteiger charge is -2.35. The van der Waals surface area contributed by atoms with E-state index in [9.17, 15) is 29.1 Å². The Bertz CT molecular complexity index is 1760. The molecule has 3 heterocycles. The number of carbonyl (C=O) groups is 4. The number of methoxy groups -OCH3 is 1. The minimum atomic E-state index is -1.38. The van der Waals surface area contributed by atoms with Gasteiger partial charge in [0.2, 0.25) is 17.0 Å². The van der Waals surface area contributed by atoms with Crippen molar-refractivity contribution < 1.29 is 38.1 Å². The van der Waals surface area contributed by atoms with E-state index in [1.807, 2.05) is 0 Å². The van der Waals surface area contributed by atoms with Gasteiger partial charge in [-0.1, -0.05) is 0 Å². The van der Waals surface area contributed by atoms with Crippen LogP contribution in [-0.2, 0) is 29.7 Å². The Balaban J connectivity index is 1.29. The lowest BCUT2D eigenvalue weighted by molar-refractivity contribution is 0.0694. The number of piperazine rings is 1. The molecule has 0 bridgehead atoms. The van der Waals surface area contributed by atoms with Crippen LogP contribution in [0.4, 0.5) is 14.9 Å². The molecular weight excluding hydrogens is 551 g/mol. The first-order chi connectivity index (χ1) is 20.0. The second-order valence-electron chi connectivity index (χ2n) is 10.1. The normalized spacial score (nSPS) is 15.1. The number of aromatic carboxylic acids is 1. The first-order valence-electron chi connectivity index (χ1n) is 13.3. The van der Waals surface area contributed by atoms with E-state index in [2.05, 4.69) is 0 Å². The van der Waals surface area contributed by atoms with Crippen LogP contribution in [0.2, 0.25) is 0 Å². The number of ether oxygens (including phenoxy) is 2. The van der Waals surface area contributed by atoms with E-state index in [0.29, 0.717) is 23.3 Å². The number of anilines is 1. The molecule has 13 heteroatoms. The van der Waals surface area contributed by atoms with Crippen LogP contribution < -0.4 is 10.3 Å². The van der Waals surface area contributed by atoms with Gasteiger partial charge in [-0.05, 0) is 31.5 Å². The number of amides is 1. The lowest BCUT2D eigenvalue weighted by Crippen LogP contribution is -2.49. The predicted molar refractivity (Wildman–Crippen MR) is 149 cm³/mol. The average Bonchev–Trinajstić information content (AvgIpc) is 3.23. The number of ketones is 2. The third kappa shape index (κ3) is 4.60. The molecule has 1 N–H and O–H groups in total. The Morgan fingerprint density at radius 2 is 1.79 bits per heavy atom. The highest BCUT2D eigenvalue weighted by atomic mass is 19.1. The van der Waals surface area contributed by atoms with Crippen molar-refractivity contribution in [3.63, 3.8) is 0 Å². The van der Waals surface area contributed by atoms with E-state index in [0.717, 1.165) is 12.1 Å². The van der Waals surface area contributed by atoms with Gasteiger partial charge in [0.05, 0.1) is 29.6 Å². The SMILES string of the molecule is CCn1cc(C(=O)O)c(=O)c2cc(F)c(N3CCN(C(=O)OCc4c(C)c5c(n4C)C(=O)C=C(OC)C5=O)CC3)cc21. The number of hydrogen-bond acceptors (Lipinski definition) is 8. The molecule has 0 saturated carbocycles. The Morgan fingerprint density at radius 3 is 2.40 bits per heavy atom. The number of carboxylic acids is 1.